The van der Waals surface area contributed by atoms with Crippen LogP contribution < -0.4 is 14.8 Å². The average Bonchev–Trinajstić information content (AvgIpc) is 3.02. The van der Waals surface area contributed by atoms with Gasteiger partial charge in [0.2, 0.25) is 5.91 Å². The number of pyridine rings is 1. The van der Waals surface area contributed by atoms with Crippen LogP contribution in [0.3, 0.4) is 0 Å². The SMILES string of the molecule is CCCCCCCC/C=C/CCCCCCCC(=O)N[C@@H](Cc1ccc(OCc2ncc(C)c(OC)c2C)cc1)C(O)CP(=O)(O)O. The fraction of sp³-hybridized carbons (Fsp3) is 0.622. The Hall–Kier alpha value is -2.71. The van der Waals surface area contributed by atoms with Crippen molar-refractivity contribution >= 4 is 13.5 Å². The number of aliphatic hydroxyl groups excluding tert-OH is 1. The summed E-state index contributed by atoms with van der Waals surface area (Å²) in [5.41, 5.74) is 3.43. The van der Waals surface area contributed by atoms with Crippen LogP contribution in [0.25, 0.3) is 0 Å². The van der Waals surface area contributed by atoms with Gasteiger partial charge in [0.15, 0.2) is 0 Å². The second kappa shape index (κ2) is 22.8. The average molecular weight is 675 g/mol. The first kappa shape index (κ1) is 40.5. The van der Waals surface area contributed by atoms with E-state index in [4.69, 9.17) is 9.47 Å². The second-order valence-electron chi connectivity index (χ2n) is 12.6. The van der Waals surface area contributed by atoms with Gasteiger partial charge in [-0.3, -0.25) is 14.3 Å². The molecule has 0 spiro atoms. The van der Waals surface area contributed by atoms with Crippen LogP contribution >= 0.6 is 7.60 Å². The summed E-state index contributed by atoms with van der Waals surface area (Å²) in [6, 6.07) is 6.37. The van der Waals surface area contributed by atoms with Crippen molar-refractivity contribution in [2.45, 2.75) is 136 Å². The minimum atomic E-state index is -4.48. The van der Waals surface area contributed by atoms with Crippen LogP contribution in [0.5, 0.6) is 11.5 Å². The molecule has 0 fully saturated rings. The zero-order valence-corrected chi connectivity index (χ0v) is 30.0. The van der Waals surface area contributed by atoms with Crippen LogP contribution in [0, 0.1) is 13.8 Å². The van der Waals surface area contributed by atoms with Crippen molar-refractivity contribution < 1.29 is 33.7 Å². The normalized spacial score (nSPS) is 13.1. The summed E-state index contributed by atoms with van der Waals surface area (Å²) in [5.74, 6) is 1.18. The highest BCUT2D eigenvalue weighted by atomic mass is 31.2. The summed E-state index contributed by atoms with van der Waals surface area (Å²) in [4.78, 5) is 36.1. The van der Waals surface area contributed by atoms with Gasteiger partial charge in [0.25, 0.3) is 0 Å². The van der Waals surface area contributed by atoms with E-state index in [1.807, 2.05) is 26.0 Å². The molecule has 0 saturated carbocycles. The number of carbonyl (C=O) groups is 1. The first-order valence-electron chi connectivity index (χ1n) is 17.4. The standard InChI is InChI=1S/C37H59N2O7P/c1-5-6-7-8-9-10-11-12-13-14-15-16-17-18-19-20-36(41)39-33(35(40)28-47(42,43)44)25-31-21-23-32(24-22-31)46-27-34-30(3)37(45-4)29(2)26-38-34/h12-13,21-24,26,33,35,40H,5-11,14-20,25,27-28H2,1-4H3,(H,39,41)(H2,42,43,44)/b13-12+/t33-,35?/m0/s1. The smallest absolute Gasteiger partial charge is 0.328 e. The highest BCUT2D eigenvalue weighted by Crippen LogP contribution is 2.36. The number of aromatic nitrogens is 1. The van der Waals surface area contributed by atoms with E-state index in [9.17, 15) is 24.3 Å². The summed E-state index contributed by atoms with van der Waals surface area (Å²) in [6.45, 7) is 6.38. The number of nitrogens with one attached hydrogen (secondary N) is 1. The van der Waals surface area contributed by atoms with Gasteiger partial charge in [-0.2, -0.15) is 0 Å². The number of hydrogen-bond acceptors (Lipinski definition) is 6. The molecule has 1 aromatic heterocycles. The van der Waals surface area contributed by atoms with Gasteiger partial charge in [-0.25, -0.2) is 0 Å². The van der Waals surface area contributed by atoms with Crippen molar-refractivity contribution in [3.8, 4) is 11.5 Å². The molecule has 2 aromatic rings. The van der Waals surface area contributed by atoms with Crippen molar-refractivity contribution in [2.24, 2.45) is 0 Å². The molecule has 0 bridgehead atoms. The van der Waals surface area contributed by atoms with E-state index in [-0.39, 0.29) is 18.9 Å². The highest BCUT2D eigenvalue weighted by Gasteiger charge is 2.28. The Kier molecular flexibility index (Phi) is 19.6. The third kappa shape index (κ3) is 17.3. The molecule has 0 aliphatic heterocycles. The number of unbranched alkanes of at least 4 members (excludes halogenated alkanes) is 11. The number of allylic oxidation sites excluding steroid dienone is 2. The van der Waals surface area contributed by atoms with Gasteiger partial charge in [-0.05, 0) is 70.1 Å². The molecule has 1 amide bonds. The molecule has 1 unspecified atom stereocenters. The van der Waals surface area contributed by atoms with Crippen molar-refractivity contribution in [3.05, 3.63) is 65.0 Å². The van der Waals surface area contributed by atoms with Gasteiger partial charge >= 0.3 is 7.60 Å². The van der Waals surface area contributed by atoms with E-state index in [1.54, 1.807) is 25.4 Å². The van der Waals surface area contributed by atoms with Crippen molar-refractivity contribution in [2.75, 3.05) is 13.3 Å². The van der Waals surface area contributed by atoms with E-state index < -0.39 is 25.9 Å². The summed E-state index contributed by atoms with van der Waals surface area (Å²) >= 11 is 0. The summed E-state index contributed by atoms with van der Waals surface area (Å²) in [7, 11) is -2.85. The Balaban J connectivity index is 1.76. The maximum atomic E-state index is 12.8. The van der Waals surface area contributed by atoms with Crippen LogP contribution in [-0.4, -0.2) is 51.2 Å². The van der Waals surface area contributed by atoms with E-state index in [0.29, 0.717) is 12.2 Å². The lowest BCUT2D eigenvalue weighted by molar-refractivity contribution is -0.122. The van der Waals surface area contributed by atoms with Gasteiger partial charge in [-0.1, -0.05) is 82.6 Å². The molecule has 2 atom stereocenters. The summed E-state index contributed by atoms with van der Waals surface area (Å²) < 4.78 is 23.0. The lowest BCUT2D eigenvalue weighted by atomic mass is 10.0. The monoisotopic (exact) mass is 674 g/mol. The topological polar surface area (TPSA) is 138 Å². The molecule has 4 N–H and O–H groups in total. The van der Waals surface area contributed by atoms with Crippen LogP contribution in [0.2, 0.25) is 0 Å². The minimum absolute atomic E-state index is 0.218. The van der Waals surface area contributed by atoms with Crippen molar-refractivity contribution in [1.29, 1.82) is 0 Å². The number of aliphatic hydroxyl groups is 1. The lowest BCUT2D eigenvalue weighted by Crippen LogP contribution is -2.46. The second-order valence-corrected chi connectivity index (χ2v) is 14.3. The minimum Gasteiger partial charge on any atom is -0.496 e. The summed E-state index contributed by atoms with van der Waals surface area (Å²) in [6.07, 6.45) is 20.0. The Morgan fingerprint density at radius 3 is 2.13 bits per heavy atom. The number of nitrogens with zero attached hydrogens (tertiary/aromatic N) is 1. The third-order valence-corrected chi connectivity index (χ3v) is 9.26. The Morgan fingerprint density at radius 1 is 0.936 bits per heavy atom. The van der Waals surface area contributed by atoms with E-state index >= 15 is 0 Å². The van der Waals surface area contributed by atoms with E-state index in [1.165, 1.54) is 44.9 Å². The molecule has 0 saturated heterocycles. The van der Waals surface area contributed by atoms with Crippen LogP contribution in [-0.2, 0) is 22.4 Å². The summed E-state index contributed by atoms with van der Waals surface area (Å²) in [5, 5.41) is 13.5. The fourth-order valence-electron chi connectivity index (χ4n) is 5.63. The molecule has 264 valence electrons. The Bertz CT molecular complexity index is 1250. The molecular weight excluding hydrogens is 615 g/mol. The highest BCUT2D eigenvalue weighted by molar-refractivity contribution is 7.51. The number of rotatable bonds is 25. The first-order chi connectivity index (χ1) is 22.5. The van der Waals surface area contributed by atoms with Gasteiger partial charge in [-0.15, -0.1) is 0 Å². The molecule has 1 heterocycles. The lowest BCUT2D eigenvalue weighted by Gasteiger charge is -2.25. The van der Waals surface area contributed by atoms with Gasteiger partial charge in [0.1, 0.15) is 18.1 Å². The van der Waals surface area contributed by atoms with E-state index in [0.717, 1.165) is 66.7 Å². The molecule has 47 heavy (non-hydrogen) atoms. The molecule has 0 aliphatic carbocycles. The molecule has 10 heteroatoms. The Labute approximate surface area is 282 Å². The zero-order valence-electron chi connectivity index (χ0n) is 29.1. The molecule has 0 radical (unpaired) electrons. The number of amides is 1. The van der Waals surface area contributed by atoms with Crippen LogP contribution in [0.4, 0.5) is 0 Å². The number of ether oxygens (including phenoxy) is 2. The molecule has 1 aromatic carbocycles. The number of carbonyl (C=O) groups excluding carboxylic acids is 1. The van der Waals surface area contributed by atoms with Gasteiger partial charge in [0.05, 0.1) is 31.1 Å². The number of hydrogen-bond donors (Lipinski definition) is 4. The van der Waals surface area contributed by atoms with Gasteiger partial charge in [0, 0.05) is 23.7 Å². The number of aryl methyl sites for hydroxylation is 1. The van der Waals surface area contributed by atoms with E-state index in [2.05, 4.69) is 29.4 Å². The molecular formula is C37H59N2O7P. The number of methoxy groups -OCH3 is 1. The zero-order chi connectivity index (χ0) is 34.5. The van der Waals surface area contributed by atoms with Crippen LogP contribution in [0.1, 0.15) is 119 Å². The fourth-order valence-corrected chi connectivity index (χ4v) is 6.38. The predicted molar refractivity (Wildman–Crippen MR) is 189 cm³/mol. The maximum Gasteiger partial charge on any atom is 0.328 e. The maximum absolute atomic E-state index is 12.8. The molecule has 2 rings (SSSR count). The first-order valence-corrected chi connectivity index (χ1v) is 19.2. The number of benzene rings is 1. The van der Waals surface area contributed by atoms with Crippen molar-refractivity contribution in [1.82, 2.24) is 10.3 Å². The van der Waals surface area contributed by atoms with Gasteiger partial charge < -0.3 is 29.7 Å². The Morgan fingerprint density at radius 2 is 1.53 bits per heavy atom. The molecule has 9 nitrogen and oxygen atoms in total. The molecule has 0 aliphatic rings. The quantitative estimate of drug-likeness (QED) is 0.0474. The van der Waals surface area contributed by atoms with Crippen molar-refractivity contribution in [3.63, 3.8) is 0 Å². The third-order valence-electron chi connectivity index (χ3n) is 8.41. The van der Waals surface area contributed by atoms with Crippen LogP contribution in [0.15, 0.2) is 42.6 Å². The largest absolute Gasteiger partial charge is 0.496 e. The predicted octanol–water partition coefficient (Wildman–Crippen LogP) is 7.89.